The van der Waals surface area contributed by atoms with E-state index < -0.39 is 0 Å². The Kier molecular flexibility index (Phi) is 2.55. The lowest BCUT2D eigenvalue weighted by Gasteiger charge is -1.95. The summed E-state index contributed by atoms with van der Waals surface area (Å²) in [4.78, 5) is 3.96. The third-order valence-corrected chi connectivity index (χ3v) is 2.04. The number of H-pyrrole nitrogens is 1. The van der Waals surface area contributed by atoms with Crippen LogP contribution in [0.1, 0.15) is 17.0 Å². The minimum Gasteiger partial charge on any atom is -0.325 e. The predicted molar refractivity (Wildman–Crippen MR) is 53.5 cm³/mol. The number of hydrogen-bond donors (Lipinski definition) is 2. The molecule has 2 aromatic heterocycles. The number of pyridine rings is 1. The maximum Gasteiger partial charge on any atom is 0.0760 e. The molecule has 0 saturated heterocycles. The van der Waals surface area contributed by atoms with E-state index >= 15 is 0 Å². The van der Waals surface area contributed by atoms with Crippen LogP contribution in [0.25, 0.3) is 0 Å². The molecule has 0 spiro atoms. The molecule has 0 atom stereocenters. The van der Waals surface area contributed by atoms with Crippen LogP contribution in [-0.2, 0) is 13.0 Å². The first-order chi connectivity index (χ1) is 6.88. The van der Waals surface area contributed by atoms with Gasteiger partial charge in [0.05, 0.1) is 5.69 Å². The van der Waals surface area contributed by atoms with Crippen LogP contribution in [0.4, 0.5) is 0 Å². The van der Waals surface area contributed by atoms with Gasteiger partial charge in [0.2, 0.25) is 0 Å². The standard InChI is InChI=1S/C10H12N4/c11-7-10-6-9(13-14-10)5-8-1-3-12-4-2-8/h1-4,6H,5,7,11H2,(H,13,14). The van der Waals surface area contributed by atoms with Crippen molar-refractivity contribution in [1.29, 1.82) is 0 Å². The van der Waals surface area contributed by atoms with Crippen LogP contribution in [0.15, 0.2) is 30.6 Å². The third kappa shape index (κ3) is 1.97. The van der Waals surface area contributed by atoms with Crippen LogP contribution < -0.4 is 5.73 Å². The minimum absolute atomic E-state index is 0.479. The van der Waals surface area contributed by atoms with Crippen molar-refractivity contribution in [2.24, 2.45) is 5.73 Å². The van der Waals surface area contributed by atoms with Crippen molar-refractivity contribution < 1.29 is 0 Å². The molecule has 2 rings (SSSR count). The average molecular weight is 188 g/mol. The first kappa shape index (κ1) is 8.90. The van der Waals surface area contributed by atoms with Crippen molar-refractivity contribution in [1.82, 2.24) is 15.2 Å². The highest BCUT2D eigenvalue weighted by Gasteiger charge is 2.00. The van der Waals surface area contributed by atoms with Crippen molar-refractivity contribution in [3.63, 3.8) is 0 Å². The van der Waals surface area contributed by atoms with Gasteiger partial charge in [0.1, 0.15) is 0 Å². The van der Waals surface area contributed by atoms with Gasteiger partial charge >= 0.3 is 0 Å². The van der Waals surface area contributed by atoms with Crippen LogP contribution in [-0.4, -0.2) is 15.2 Å². The first-order valence-corrected chi connectivity index (χ1v) is 4.50. The van der Waals surface area contributed by atoms with Gasteiger partial charge in [-0.25, -0.2) is 0 Å². The monoisotopic (exact) mass is 188 g/mol. The number of aromatic amines is 1. The van der Waals surface area contributed by atoms with Crippen molar-refractivity contribution in [3.05, 3.63) is 47.5 Å². The van der Waals surface area contributed by atoms with Crippen LogP contribution in [0, 0.1) is 0 Å². The zero-order valence-electron chi connectivity index (χ0n) is 7.77. The van der Waals surface area contributed by atoms with Gasteiger partial charge in [-0.3, -0.25) is 10.1 Å². The van der Waals surface area contributed by atoms with Crippen LogP contribution in [0.3, 0.4) is 0 Å². The molecule has 0 aromatic carbocycles. The molecule has 0 aliphatic heterocycles. The van der Waals surface area contributed by atoms with Crippen LogP contribution in [0.5, 0.6) is 0 Å². The lowest BCUT2D eigenvalue weighted by Crippen LogP contribution is -1.95. The van der Waals surface area contributed by atoms with Gasteiger partial charge < -0.3 is 5.73 Å². The van der Waals surface area contributed by atoms with E-state index in [-0.39, 0.29) is 0 Å². The Hall–Kier alpha value is -1.68. The molecule has 0 bridgehead atoms. The molecule has 4 nitrogen and oxygen atoms in total. The highest BCUT2D eigenvalue weighted by atomic mass is 15.1. The fourth-order valence-corrected chi connectivity index (χ4v) is 1.32. The van der Waals surface area contributed by atoms with Crippen LogP contribution >= 0.6 is 0 Å². The summed E-state index contributed by atoms with van der Waals surface area (Å²) in [7, 11) is 0. The second-order valence-electron chi connectivity index (χ2n) is 3.12. The molecule has 0 unspecified atom stereocenters. The van der Waals surface area contributed by atoms with Gasteiger partial charge in [0.25, 0.3) is 0 Å². The third-order valence-electron chi connectivity index (χ3n) is 2.04. The van der Waals surface area contributed by atoms with Gasteiger partial charge in [0, 0.05) is 31.1 Å². The van der Waals surface area contributed by atoms with E-state index in [4.69, 9.17) is 5.73 Å². The maximum absolute atomic E-state index is 5.46. The first-order valence-electron chi connectivity index (χ1n) is 4.50. The normalized spacial score (nSPS) is 10.4. The Bertz CT molecular complexity index is 394. The van der Waals surface area contributed by atoms with Gasteiger partial charge in [-0.1, -0.05) is 0 Å². The van der Waals surface area contributed by atoms with Gasteiger partial charge in [0.15, 0.2) is 0 Å². The maximum atomic E-state index is 5.46. The fraction of sp³-hybridized carbons (Fsp3) is 0.200. The second-order valence-corrected chi connectivity index (χ2v) is 3.12. The van der Waals surface area contributed by atoms with Crippen molar-refractivity contribution >= 4 is 0 Å². The summed E-state index contributed by atoms with van der Waals surface area (Å²) in [6.07, 6.45) is 4.42. The number of aromatic nitrogens is 3. The molecule has 0 aliphatic rings. The lowest BCUT2D eigenvalue weighted by atomic mass is 10.1. The van der Waals surface area contributed by atoms with Crippen molar-refractivity contribution in [2.45, 2.75) is 13.0 Å². The van der Waals surface area contributed by atoms with E-state index in [2.05, 4.69) is 15.2 Å². The molecule has 0 amide bonds. The molecule has 2 heterocycles. The number of nitrogens with two attached hydrogens (primary N) is 1. The second kappa shape index (κ2) is 4.02. The Balaban J connectivity index is 2.11. The van der Waals surface area contributed by atoms with E-state index in [9.17, 15) is 0 Å². The van der Waals surface area contributed by atoms with Crippen LogP contribution in [0.2, 0.25) is 0 Å². The summed E-state index contributed by atoms with van der Waals surface area (Å²) in [5.41, 5.74) is 8.66. The summed E-state index contributed by atoms with van der Waals surface area (Å²) in [5, 5.41) is 7.02. The largest absolute Gasteiger partial charge is 0.325 e. The van der Waals surface area contributed by atoms with E-state index in [0.29, 0.717) is 6.54 Å². The van der Waals surface area contributed by atoms with E-state index in [1.807, 2.05) is 18.2 Å². The number of hydrogen-bond acceptors (Lipinski definition) is 3. The Labute approximate surface area is 82.2 Å². The van der Waals surface area contributed by atoms with Gasteiger partial charge in [-0.2, -0.15) is 5.10 Å². The highest BCUT2D eigenvalue weighted by molar-refractivity contribution is 5.20. The summed E-state index contributed by atoms with van der Waals surface area (Å²) < 4.78 is 0. The molecule has 72 valence electrons. The summed E-state index contributed by atoms with van der Waals surface area (Å²) in [6.45, 7) is 0.479. The molecule has 0 radical (unpaired) electrons. The Morgan fingerprint density at radius 3 is 2.71 bits per heavy atom. The smallest absolute Gasteiger partial charge is 0.0760 e. The van der Waals surface area contributed by atoms with Crippen molar-refractivity contribution in [3.8, 4) is 0 Å². The average Bonchev–Trinajstić information content (AvgIpc) is 2.67. The van der Waals surface area contributed by atoms with Crippen molar-refractivity contribution in [2.75, 3.05) is 0 Å². The summed E-state index contributed by atoms with van der Waals surface area (Å²) in [6, 6.07) is 5.96. The molecule has 14 heavy (non-hydrogen) atoms. The van der Waals surface area contributed by atoms with Gasteiger partial charge in [-0.15, -0.1) is 0 Å². The Morgan fingerprint density at radius 1 is 1.29 bits per heavy atom. The molecule has 3 N–H and O–H groups in total. The topological polar surface area (TPSA) is 67.6 Å². The highest BCUT2D eigenvalue weighted by Crippen LogP contribution is 2.06. The predicted octanol–water partition coefficient (Wildman–Crippen LogP) is 0.854. The SMILES string of the molecule is NCc1cc(Cc2ccncc2)[nH]n1. The zero-order chi connectivity index (χ0) is 9.80. The molecule has 0 fully saturated rings. The Morgan fingerprint density at radius 2 is 2.07 bits per heavy atom. The molecular formula is C10H12N4. The number of rotatable bonds is 3. The molecule has 4 heteroatoms. The number of nitrogens with zero attached hydrogens (tertiary/aromatic N) is 2. The van der Waals surface area contributed by atoms with Gasteiger partial charge in [-0.05, 0) is 23.8 Å². The molecular weight excluding hydrogens is 176 g/mol. The quantitative estimate of drug-likeness (QED) is 0.750. The number of nitrogens with one attached hydrogen (secondary N) is 1. The minimum atomic E-state index is 0.479. The van der Waals surface area contributed by atoms with E-state index in [1.165, 1.54) is 5.56 Å². The molecule has 0 saturated carbocycles. The molecule has 0 aliphatic carbocycles. The summed E-state index contributed by atoms with van der Waals surface area (Å²) in [5.74, 6) is 0. The fourth-order valence-electron chi connectivity index (χ4n) is 1.32. The van der Waals surface area contributed by atoms with E-state index in [1.54, 1.807) is 12.4 Å². The van der Waals surface area contributed by atoms with E-state index in [0.717, 1.165) is 17.8 Å². The zero-order valence-corrected chi connectivity index (χ0v) is 7.77. The molecule has 2 aromatic rings. The lowest BCUT2D eigenvalue weighted by molar-refractivity contribution is 0.928. The summed E-state index contributed by atoms with van der Waals surface area (Å²) >= 11 is 0.